The Balaban J connectivity index is 1.34. The molecule has 5 atom stereocenters. The predicted octanol–water partition coefficient (Wildman–Crippen LogP) is 3.41. The van der Waals surface area contributed by atoms with Gasteiger partial charge in [0, 0.05) is 23.8 Å². The van der Waals surface area contributed by atoms with Crippen LogP contribution in [0.2, 0.25) is 5.02 Å². The van der Waals surface area contributed by atoms with Gasteiger partial charge in [0.05, 0.1) is 13.7 Å². The molecule has 2 heterocycles. The second-order valence-corrected chi connectivity index (χ2v) is 10.5. The smallest absolute Gasteiger partial charge is 0.118 e. The van der Waals surface area contributed by atoms with E-state index in [1.165, 1.54) is 16.8 Å². The molecular formula is C30H34ClNO6. The van der Waals surface area contributed by atoms with Gasteiger partial charge in [0.25, 0.3) is 0 Å². The summed E-state index contributed by atoms with van der Waals surface area (Å²) in [6, 6.07) is 20.1. The van der Waals surface area contributed by atoms with E-state index >= 15 is 0 Å². The van der Waals surface area contributed by atoms with E-state index in [0.717, 1.165) is 42.8 Å². The number of ether oxygens (including phenoxy) is 2. The van der Waals surface area contributed by atoms with Crippen molar-refractivity contribution in [2.75, 3.05) is 25.2 Å². The molecule has 4 N–H and O–H groups in total. The Hall–Kier alpha value is -2.65. The molecule has 3 aromatic rings. The summed E-state index contributed by atoms with van der Waals surface area (Å²) in [5.74, 6) is 0.853. The molecule has 3 aromatic carbocycles. The number of benzene rings is 3. The molecule has 8 heteroatoms. The monoisotopic (exact) mass is 539 g/mol. The fraction of sp³-hybridized carbons (Fsp3) is 0.400. The molecule has 0 amide bonds. The van der Waals surface area contributed by atoms with Gasteiger partial charge >= 0.3 is 0 Å². The fourth-order valence-electron chi connectivity index (χ4n) is 5.46. The first kappa shape index (κ1) is 26.9. The van der Waals surface area contributed by atoms with Crippen molar-refractivity contribution in [3.05, 3.63) is 93.5 Å². The molecule has 0 unspecified atom stereocenters. The summed E-state index contributed by atoms with van der Waals surface area (Å²) >= 11 is 6.56. The van der Waals surface area contributed by atoms with Gasteiger partial charge in [0.1, 0.15) is 36.3 Å². The molecule has 2 aliphatic rings. The Bertz CT molecular complexity index is 1250. The number of methoxy groups -OCH3 is 1. The first-order chi connectivity index (χ1) is 18.4. The van der Waals surface area contributed by atoms with Gasteiger partial charge in [-0.25, -0.2) is 0 Å². The minimum atomic E-state index is -1.42. The number of aliphatic hydroxyl groups is 4. The van der Waals surface area contributed by atoms with Crippen LogP contribution in [0, 0.1) is 0 Å². The van der Waals surface area contributed by atoms with Gasteiger partial charge in [-0.2, -0.15) is 0 Å². The lowest BCUT2D eigenvalue weighted by Crippen LogP contribution is -2.55. The number of nitrogens with zero attached hydrogens (tertiary/aromatic N) is 1. The molecule has 202 valence electrons. The summed E-state index contributed by atoms with van der Waals surface area (Å²) in [5, 5.41) is 41.0. The van der Waals surface area contributed by atoms with E-state index in [0.29, 0.717) is 17.0 Å². The first-order valence-electron chi connectivity index (χ1n) is 13.0. The number of hydrogen-bond donors (Lipinski definition) is 4. The lowest BCUT2D eigenvalue weighted by Gasteiger charge is -2.40. The normalized spacial score (nSPS) is 25.2. The topological polar surface area (TPSA) is 103 Å². The lowest BCUT2D eigenvalue weighted by atomic mass is 9.90. The fourth-order valence-corrected chi connectivity index (χ4v) is 5.64. The third kappa shape index (κ3) is 5.54. The minimum Gasteiger partial charge on any atom is -0.497 e. The number of aryl methyl sites for hydroxylation is 1. The summed E-state index contributed by atoms with van der Waals surface area (Å²) < 4.78 is 11.0. The molecule has 2 aliphatic heterocycles. The third-order valence-corrected chi connectivity index (χ3v) is 7.95. The number of fused-ring (bicyclic) bond motifs is 1. The second kappa shape index (κ2) is 11.6. The molecule has 0 aromatic heterocycles. The Morgan fingerprint density at radius 3 is 2.45 bits per heavy atom. The number of rotatable bonds is 7. The van der Waals surface area contributed by atoms with Gasteiger partial charge in [-0.15, -0.1) is 0 Å². The van der Waals surface area contributed by atoms with Crippen molar-refractivity contribution in [2.45, 2.75) is 56.3 Å². The maximum atomic E-state index is 10.6. The zero-order chi connectivity index (χ0) is 26.8. The summed E-state index contributed by atoms with van der Waals surface area (Å²) in [5.41, 5.74) is 6.42. The van der Waals surface area contributed by atoms with Crippen LogP contribution in [-0.2, 0) is 24.1 Å². The SMILES string of the molecule is COc1ccc(CN2CCCc3cc(Cc4cc([C@@H]5O[C@H](CO)[C@@H](O)[C@H](O)[C@H]5O)ccc4Cl)ccc32)cc1. The highest BCUT2D eigenvalue weighted by atomic mass is 35.5. The van der Waals surface area contributed by atoms with E-state index in [-0.39, 0.29) is 0 Å². The van der Waals surface area contributed by atoms with Gasteiger partial charge in [0.15, 0.2) is 0 Å². The van der Waals surface area contributed by atoms with Crippen LogP contribution < -0.4 is 9.64 Å². The van der Waals surface area contributed by atoms with Crippen molar-refractivity contribution in [2.24, 2.45) is 0 Å². The predicted molar refractivity (Wildman–Crippen MR) is 146 cm³/mol. The van der Waals surface area contributed by atoms with Crippen molar-refractivity contribution >= 4 is 17.3 Å². The van der Waals surface area contributed by atoms with Crippen LogP contribution in [0.3, 0.4) is 0 Å². The van der Waals surface area contributed by atoms with Gasteiger partial charge < -0.3 is 34.8 Å². The van der Waals surface area contributed by atoms with E-state index in [4.69, 9.17) is 21.1 Å². The van der Waals surface area contributed by atoms with Crippen molar-refractivity contribution < 1.29 is 29.9 Å². The number of hydrogen-bond acceptors (Lipinski definition) is 7. The standard InChI is InChI=1S/C30H34ClNO6/c1-37-23-8-4-18(5-9-23)16-32-12-2-3-20-13-19(6-11-25(20)32)14-22-15-21(7-10-24(22)31)30-29(36)28(35)27(34)26(17-33)38-30/h4-11,13,15,26-30,33-36H,2-3,12,14,16-17H2,1H3/t26-,27-,28+,29-,30+/m1/s1. The van der Waals surface area contributed by atoms with Crippen molar-refractivity contribution in [3.63, 3.8) is 0 Å². The molecule has 0 spiro atoms. The molecule has 0 saturated carbocycles. The molecule has 1 saturated heterocycles. The number of aliphatic hydroxyl groups excluding tert-OH is 4. The largest absolute Gasteiger partial charge is 0.497 e. The molecule has 1 fully saturated rings. The summed E-state index contributed by atoms with van der Waals surface area (Å²) in [4.78, 5) is 2.41. The zero-order valence-corrected chi connectivity index (χ0v) is 22.1. The molecule has 5 rings (SSSR count). The Morgan fingerprint density at radius 2 is 1.71 bits per heavy atom. The second-order valence-electron chi connectivity index (χ2n) is 10.1. The van der Waals surface area contributed by atoms with E-state index in [1.54, 1.807) is 19.2 Å². The third-order valence-electron chi connectivity index (χ3n) is 7.58. The summed E-state index contributed by atoms with van der Waals surface area (Å²) in [6.07, 6.45) is -3.31. The van der Waals surface area contributed by atoms with Crippen LogP contribution in [0.4, 0.5) is 5.69 Å². The molecule has 38 heavy (non-hydrogen) atoms. The molecule has 7 nitrogen and oxygen atoms in total. The van der Waals surface area contributed by atoms with Crippen LogP contribution in [0.25, 0.3) is 0 Å². The maximum absolute atomic E-state index is 10.6. The van der Waals surface area contributed by atoms with Crippen LogP contribution in [0.1, 0.15) is 40.3 Å². The molecular weight excluding hydrogens is 506 g/mol. The number of anilines is 1. The molecule has 0 bridgehead atoms. The van der Waals surface area contributed by atoms with Gasteiger partial charge in [0.2, 0.25) is 0 Å². The highest BCUT2D eigenvalue weighted by molar-refractivity contribution is 6.31. The summed E-state index contributed by atoms with van der Waals surface area (Å²) in [6.45, 7) is 1.38. The Morgan fingerprint density at radius 1 is 0.947 bits per heavy atom. The maximum Gasteiger partial charge on any atom is 0.118 e. The first-order valence-corrected chi connectivity index (χ1v) is 13.3. The average molecular weight is 540 g/mol. The number of halogens is 1. The summed E-state index contributed by atoms with van der Waals surface area (Å²) in [7, 11) is 1.67. The Kier molecular flexibility index (Phi) is 8.23. The molecule has 0 radical (unpaired) electrons. The van der Waals surface area contributed by atoms with E-state index in [2.05, 4.69) is 35.2 Å². The van der Waals surface area contributed by atoms with Crippen molar-refractivity contribution in [3.8, 4) is 5.75 Å². The van der Waals surface area contributed by atoms with Crippen molar-refractivity contribution in [1.82, 2.24) is 0 Å². The zero-order valence-electron chi connectivity index (χ0n) is 21.3. The Labute approximate surface area is 227 Å². The van der Waals surface area contributed by atoms with E-state index in [1.807, 2.05) is 18.2 Å². The quantitative estimate of drug-likeness (QED) is 0.365. The van der Waals surface area contributed by atoms with Crippen LogP contribution in [-0.4, -0.2) is 65.1 Å². The lowest BCUT2D eigenvalue weighted by molar-refractivity contribution is -0.231. The highest BCUT2D eigenvalue weighted by Gasteiger charge is 2.44. The van der Waals surface area contributed by atoms with Crippen LogP contribution in [0.5, 0.6) is 5.75 Å². The van der Waals surface area contributed by atoms with Crippen molar-refractivity contribution in [1.29, 1.82) is 0 Å². The average Bonchev–Trinajstić information content (AvgIpc) is 2.94. The van der Waals surface area contributed by atoms with Gasteiger partial charge in [-0.1, -0.05) is 48.0 Å². The van der Waals surface area contributed by atoms with E-state index in [9.17, 15) is 20.4 Å². The van der Waals surface area contributed by atoms with Crippen LogP contribution >= 0.6 is 11.6 Å². The minimum absolute atomic E-state index is 0.466. The highest BCUT2D eigenvalue weighted by Crippen LogP contribution is 2.35. The van der Waals surface area contributed by atoms with Gasteiger partial charge in [-0.05, 0) is 71.3 Å². The molecule has 0 aliphatic carbocycles. The van der Waals surface area contributed by atoms with E-state index < -0.39 is 37.1 Å². The van der Waals surface area contributed by atoms with Gasteiger partial charge in [-0.3, -0.25) is 0 Å². The van der Waals surface area contributed by atoms with Crippen LogP contribution in [0.15, 0.2) is 60.7 Å².